The molecular weight excluding hydrogens is 474 g/mol. The lowest BCUT2D eigenvalue weighted by Gasteiger charge is -2.20. The Morgan fingerprint density at radius 1 is 1.11 bits per heavy atom. The highest BCUT2D eigenvalue weighted by molar-refractivity contribution is 5.97. The molecule has 0 aliphatic rings. The van der Waals surface area contributed by atoms with Crippen LogP contribution < -0.4 is 10.6 Å². The van der Waals surface area contributed by atoms with Gasteiger partial charge in [-0.05, 0) is 23.6 Å². The second-order valence-electron chi connectivity index (χ2n) is 8.77. The molecule has 4 aromatic rings. The SMILES string of the molecule is CCC(C)C(NC(=O)c1ccn2c(NCc3ccccc3)c(-c3cccc([N+](=O)[O-])c3)nc2c1)C(=O)O. The molecule has 2 heterocycles. The van der Waals surface area contributed by atoms with E-state index < -0.39 is 22.8 Å². The molecular formula is C27H27N5O5. The fourth-order valence-electron chi connectivity index (χ4n) is 4.01. The topological polar surface area (TPSA) is 139 Å². The summed E-state index contributed by atoms with van der Waals surface area (Å²) in [6, 6.07) is 18.1. The number of nitro benzene ring substituents is 1. The summed E-state index contributed by atoms with van der Waals surface area (Å²) >= 11 is 0. The normalized spacial score (nSPS) is 12.6. The van der Waals surface area contributed by atoms with Crippen molar-refractivity contribution in [3.63, 3.8) is 0 Å². The third-order valence-electron chi connectivity index (χ3n) is 6.29. The monoisotopic (exact) mass is 501 g/mol. The zero-order valence-electron chi connectivity index (χ0n) is 20.4. The van der Waals surface area contributed by atoms with E-state index >= 15 is 0 Å². The van der Waals surface area contributed by atoms with Crippen LogP contribution in [0.15, 0.2) is 72.9 Å². The van der Waals surface area contributed by atoms with Gasteiger partial charge in [-0.2, -0.15) is 0 Å². The van der Waals surface area contributed by atoms with Gasteiger partial charge in [-0.25, -0.2) is 9.78 Å². The first kappa shape index (κ1) is 25.4. The number of aliphatic carboxylic acids is 1. The first-order valence-electron chi connectivity index (χ1n) is 11.9. The van der Waals surface area contributed by atoms with E-state index in [1.54, 1.807) is 41.8 Å². The quantitative estimate of drug-likeness (QED) is 0.210. The summed E-state index contributed by atoms with van der Waals surface area (Å²) < 4.78 is 1.76. The number of amides is 1. The number of carboxylic acids is 1. The number of aromatic nitrogens is 2. The number of nitro groups is 1. The van der Waals surface area contributed by atoms with Crippen LogP contribution in [0.3, 0.4) is 0 Å². The summed E-state index contributed by atoms with van der Waals surface area (Å²) in [6.07, 6.45) is 2.27. The van der Waals surface area contributed by atoms with E-state index in [9.17, 15) is 24.8 Å². The summed E-state index contributed by atoms with van der Waals surface area (Å²) in [5, 5.41) is 26.9. The molecule has 37 heavy (non-hydrogen) atoms. The van der Waals surface area contributed by atoms with E-state index in [1.807, 2.05) is 37.3 Å². The van der Waals surface area contributed by atoms with Crippen LogP contribution in [0, 0.1) is 16.0 Å². The molecule has 0 fully saturated rings. The minimum absolute atomic E-state index is 0.0617. The van der Waals surface area contributed by atoms with E-state index in [4.69, 9.17) is 0 Å². The smallest absolute Gasteiger partial charge is 0.326 e. The zero-order valence-corrected chi connectivity index (χ0v) is 20.4. The van der Waals surface area contributed by atoms with Crippen molar-refractivity contribution >= 4 is 29.0 Å². The number of hydrogen-bond acceptors (Lipinski definition) is 6. The Hall–Kier alpha value is -4.73. The van der Waals surface area contributed by atoms with Crippen LogP contribution in [0.1, 0.15) is 36.2 Å². The third kappa shape index (κ3) is 5.58. The lowest BCUT2D eigenvalue weighted by atomic mass is 9.99. The number of carboxylic acid groups (broad SMARTS) is 1. The van der Waals surface area contributed by atoms with Crippen LogP contribution in [0.5, 0.6) is 0 Å². The molecule has 10 nitrogen and oxygen atoms in total. The maximum Gasteiger partial charge on any atom is 0.326 e. The second kappa shape index (κ2) is 10.9. The Balaban J connectivity index is 1.74. The average molecular weight is 502 g/mol. The van der Waals surface area contributed by atoms with Crippen LogP contribution >= 0.6 is 0 Å². The number of carbonyl (C=O) groups excluding carboxylic acids is 1. The molecule has 2 aromatic heterocycles. The van der Waals surface area contributed by atoms with Crippen molar-refractivity contribution in [3.8, 4) is 11.3 Å². The molecule has 3 N–H and O–H groups in total. The van der Waals surface area contributed by atoms with Crippen molar-refractivity contribution in [3.05, 3.63) is 94.2 Å². The number of carbonyl (C=O) groups is 2. The lowest BCUT2D eigenvalue weighted by Crippen LogP contribution is -2.45. The molecule has 0 saturated heterocycles. The number of rotatable bonds is 10. The number of fused-ring (bicyclic) bond motifs is 1. The maximum atomic E-state index is 12.9. The molecule has 2 unspecified atom stereocenters. The summed E-state index contributed by atoms with van der Waals surface area (Å²) in [6.45, 7) is 4.11. The van der Waals surface area contributed by atoms with E-state index in [1.165, 1.54) is 12.1 Å². The van der Waals surface area contributed by atoms with Crippen molar-refractivity contribution in [2.24, 2.45) is 5.92 Å². The van der Waals surface area contributed by atoms with Gasteiger partial charge in [0.25, 0.3) is 11.6 Å². The Bertz CT molecular complexity index is 1450. The molecule has 0 aliphatic heterocycles. The standard InChI is InChI=1S/C27H27N5O5/c1-3-17(2)23(27(34)35)30-26(33)20-12-13-31-22(15-20)29-24(19-10-7-11-21(14-19)32(36)37)25(31)28-16-18-8-5-4-6-9-18/h4-15,17,23,28H,3,16H2,1-2H3,(H,30,33)(H,34,35). The van der Waals surface area contributed by atoms with Crippen LogP contribution in [0.2, 0.25) is 0 Å². The van der Waals surface area contributed by atoms with Gasteiger partial charge in [0.05, 0.1) is 4.92 Å². The molecule has 2 aromatic carbocycles. The van der Waals surface area contributed by atoms with Crippen LogP contribution in [0.4, 0.5) is 11.5 Å². The van der Waals surface area contributed by atoms with E-state index in [0.717, 1.165) is 5.56 Å². The highest BCUT2D eigenvalue weighted by Crippen LogP contribution is 2.31. The van der Waals surface area contributed by atoms with Crippen molar-refractivity contribution in [1.29, 1.82) is 0 Å². The van der Waals surface area contributed by atoms with Crippen LogP contribution in [-0.4, -0.2) is 37.3 Å². The average Bonchev–Trinajstić information content (AvgIpc) is 3.28. The van der Waals surface area contributed by atoms with Gasteiger partial charge in [-0.1, -0.05) is 62.7 Å². The number of anilines is 1. The lowest BCUT2D eigenvalue weighted by molar-refractivity contribution is -0.384. The van der Waals surface area contributed by atoms with E-state index in [2.05, 4.69) is 15.6 Å². The highest BCUT2D eigenvalue weighted by atomic mass is 16.6. The Labute approximate surface area is 213 Å². The minimum atomic E-state index is -1.09. The highest BCUT2D eigenvalue weighted by Gasteiger charge is 2.26. The number of hydrogen-bond donors (Lipinski definition) is 3. The third-order valence-corrected chi connectivity index (χ3v) is 6.29. The first-order chi connectivity index (χ1) is 17.8. The van der Waals surface area contributed by atoms with Gasteiger partial charge in [0.2, 0.25) is 0 Å². The molecule has 1 amide bonds. The van der Waals surface area contributed by atoms with E-state index in [-0.39, 0.29) is 17.2 Å². The van der Waals surface area contributed by atoms with Crippen molar-refractivity contribution in [2.75, 3.05) is 5.32 Å². The molecule has 0 saturated carbocycles. The Morgan fingerprint density at radius 2 is 1.86 bits per heavy atom. The summed E-state index contributed by atoms with van der Waals surface area (Å²) in [5.74, 6) is -1.25. The molecule has 0 spiro atoms. The Kier molecular flexibility index (Phi) is 7.47. The van der Waals surface area contributed by atoms with Crippen LogP contribution in [0.25, 0.3) is 16.9 Å². The van der Waals surface area contributed by atoms with Gasteiger partial charge in [0.15, 0.2) is 0 Å². The van der Waals surface area contributed by atoms with Crippen LogP contribution in [-0.2, 0) is 11.3 Å². The fourth-order valence-corrected chi connectivity index (χ4v) is 4.01. The number of benzene rings is 2. The fraction of sp³-hybridized carbons (Fsp3) is 0.222. The van der Waals surface area contributed by atoms with Gasteiger partial charge in [0, 0.05) is 36.0 Å². The molecule has 4 rings (SSSR count). The maximum absolute atomic E-state index is 12.9. The summed E-state index contributed by atoms with van der Waals surface area (Å²) in [7, 11) is 0. The van der Waals surface area contributed by atoms with Crippen molar-refractivity contribution < 1.29 is 19.6 Å². The molecule has 10 heteroatoms. The number of pyridine rings is 1. The molecule has 2 atom stereocenters. The van der Waals surface area contributed by atoms with Crippen molar-refractivity contribution in [1.82, 2.24) is 14.7 Å². The number of nitrogens with zero attached hydrogens (tertiary/aromatic N) is 3. The molecule has 190 valence electrons. The predicted molar refractivity (Wildman–Crippen MR) is 139 cm³/mol. The van der Waals surface area contributed by atoms with Gasteiger partial charge in [-0.3, -0.25) is 19.3 Å². The first-order valence-corrected chi connectivity index (χ1v) is 11.9. The predicted octanol–water partition coefficient (Wildman–Crippen LogP) is 4.75. The number of nitrogens with one attached hydrogen (secondary N) is 2. The van der Waals surface area contributed by atoms with Crippen molar-refractivity contribution in [2.45, 2.75) is 32.9 Å². The molecule has 0 bridgehead atoms. The largest absolute Gasteiger partial charge is 0.480 e. The molecule has 0 radical (unpaired) electrons. The Morgan fingerprint density at radius 3 is 2.54 bits per heavy atom. The molecule has 0 aliphatic carbocycles. The second-order valence-corrected chi connectivity index (χ2v) is 8.77. The van der Waals surface area contributed by atoms with Gasteiger partial charge in [0.1, 0.15) is 23.2 Å². The van der Waals surface area contributed by atoms with E-state index in [0.29, 0.717) is 35.7 Å². The van der Waals surface area contributed by atoms with Gasteiger partial charge in [-0.15, -0.1) is 0 Å². The summed E-state index contributed by atoms with van der Waals surface area (Å²) in [4.78, 5) is 40.2. The minimum Gasteiger partial charge on any atom is -0.480 e. The summed E-state index contributed by atoms with van der Waals surface area (Å²) in [5.41, 5.74) is 2.69. The number of imidazole rings is 1. The van der Waals surface area contributed by atoms with Gasteiger partial charge >= 0.3 is 5.97 Å². The number of non-ortho nitro benzene ring substituents is 1. The zero-order chi connectivity index (χ0) is 26.5. The van der Waals surface area contributed by atoms with Gasteiger partial charge < -0.3 is 15.7 Å².